The van der Waals surface area contributed by atoms with E-state index in [-0.39, 0.29) is 18.0 Å². The Bertz CT molecular complexity index is 224. The normalized spacial score (nSPS) is 37.8. The topological polar surface area (TPSA) is 44.8 Å². The summed E-state index contributed by atoms with van der Waals surface area (Å²) in [7, 11) is 0. The lowest BCUT2D eigenvalue weighted by Crippen LogP contribution is -2.29. The highest BCUT2D eigenvalue weighted by Crippen LogP contribution is 2.30. The molecule has 2 rings (SSSR count). The largest absolute Gasteiger partial charge is 0.465 e. The molecular formula is C9H14O4. The average Bonchev–Trinajstić information content (AvgIpc) is 2.56. The van der Waals surface area contributed by atoms with Crippen molar-refractivity contribution in [3.8, 4) is 0 Å². The summed E-state index contributed by atoms with van der Waals surface area (Å²) in [5.74, 6) is -0.818. The fraction of sp³-hybridized carbons (Fsp3) is 0.889. The van der Waals surface area contributed by atoms with Crippen LogP contribution in [0.4, 0.5) is 0 Å². The van der Waals surface area contributed by atoms with Gasteiger partial charge in [-0.05, 0) is 20.3 Å². The molecule has 0 bridgehead atoms. The summed E-state index contributed by atoms with van der Waals surface area (Å²) in [6.45, 7) is 4.72. The summed E-state index contributed by atoms with van der Waals surface area (Å²) in [6.07, 6.45) is 0.633. The molecule has 0 amide bonds. The Morgan fingerprint density at radius 1 is 1.46 bits per heavy atom. The fourth-order valence-electron chi connectivity index (χ4n) is 1.76. The Balaban J connectivity index is 1.99. The molecule has 0 aromatic carbocycles. The number of cyclic esters (lactones) is 1. The van der Waals surface area contributed by atoms with E-state index in [0.29, 0.717) is 13.2 Å². The van der Waals surface area contributed by atoms with Crippen molar-refractivity contribution in [2.24, 2.45) is 5.92 Å². The lowest BCUT2D eigenvalue weighted by molar-refractivity contribution is -0.155. The van der Waals surface area contributed by atoms with Crippen molar-refractivity contribution in [3.05, 3.63) is 0 Å². The first-order valence-corrected chi connectivity index (χ1v) is 4.57. The smallest absolute Gasteiger partial charge is 0.311 e. The van der Waals surface area contributed by atoms with Crippen LogP contribution in [0.2, 0.25) is 0 Å². The van der Waals surface area contributed by atoms with Gasteiger partial charge in [-0.3, -0.25) is 4.79 Å². The molecule has 13 heavy (non-hydrogen) atoms. The Labute approximate surface area is 77.1 Å². The predicted molar refractivity (Wildman–Crippen MR) is 44.0 cm³/mol. The van der Waals surface area contributed by atoms with E-state index in [1.807, 2.05) is 13.8 Å². The number of ether oxygens (including phenoxy) is 3. The molecule has 2 aliphatic heterocycles. The minimum atomic E-state index is -0.548. The van der Waals surface area contributed by atoms with E-state index in [0.717, 1.165) is 6.42 Å². The van der Waals surface area contributed by atoms with Gasteiger partial charge in [-0.2, -0.15) is 0 Å². The molecule has 0 radical (unpaired) electrons. The first-order chi connectivity index (χ1) is 6.08. The Kier molecular flexibility index (Phi) is 2.04. The van der Waals surface area contributed by atoms with Crippen LogP contribution in [-0.4, -0.2) is 31.1 Å². The van der Waals surface area contributed by atoms with Crippen LogP contribution in [0.5, 0.6) is 0 Å². The second-order valence-electron chi connectivity index (χ2n) is 3.93. The zero-order valence-electron chi connectivity index (χ0n) is 7.91. The number of carbonyl (C=O) groups is 1. The van der Waals surface area contributed by atoms with Crippen molar-refractivity contribution in [2.45, 2.75) is 32.2 Å². The van der Waals surface area contributed by atoms with E-state index in [4.69, 9.17) is 14.2 Å². The quantitative estimate of drug-likeness (QED) is 0.565. The van der Waals surface area contributed by atoms with Gasteiger partial charge in [0.1, 0.15) is 0 Å². The van der Waals surface area contributed by atoms with E-state index >= 15 is 0 Å². The Morgan fingerprint density at radius 3 is 2.69 bits per heavy atom. The number of carbonyl (C=O) groups excluding carboxylic acids is 1. The van der Waals surface area contributed by atoms with Crippen LogP contribution in [0.1, 0.15) is 20.3 Å². The Morgan fingerprint density at radius 2 is 2.23 bits per heavy atom. The molecule has 0 saturated carbocycles. The maximum absolute atomic E-state index is 11.2. The third-order valence-corrected chi connectivity index (χ3v) is 2.46. The van der Waals surface area contributed by atoms with Crippen molar-refractivity contribution in [2.75, 3.05) is 13.2 Å². The van der Waals surface area contributed by atoms with E-state index in [1.54, 1.807) is 0 Å². The highest BCUT2D eigenvalue weighted by atomic mass is 16.7. The van der Waals surface area contributed by atoms with E-state index < -0.39 is 5.79 Å². The molecule has 0 aromatic heterocycles. The van der Waals surface area contributed by atoms with Gasteiger partial charge in [0.05, 0.1) is 25.2 Å². The van der Waals surface area contributed by atoms with Crippen LogP contribution in [-0.2, 0) is 19.0 Å². The standard InChI is InChI=1S/C9H14O4/c1-9(2)12-5-7(13-9)6-3-4-11-8(6)10/h6-7H,3-5H2,1-2H3/t6-,7-/m0/s1. The van der Waals surface area contributed by atoms with Crippen LogP contribution in [0.15, 0.2) is 0 Å². The van der Waals surface area contributed by atoms with Gasteiger partial charge in [-0.25, -0.2) is 0 Å². The van der Waals surface area contributed by atoms with Crippen molar-refractivity contribution in [1.82, 2.24) is 0 Å². The Hall–Kier alpha value is -0.610. The van der Waals surface area contributed by atoms with Crippen molar-refractivity contribution >= 4 is 5.97 Å². The molecule has 74 valence electrons. The van der Waals surface area contributed by atoms with Gasteiger partial charge in [-0.15, -0.1) is 0 Å². The zero-order valence-corrected chi connectivity index (χ0v) is 7.91. The second kappa shape index (κ2) is 2.96. The van der Waals surface area contributed by atoms with Crippen LogP contribution in [0.3, 0.4) is 0 Å². The lowest BCUT2D eigenvalue weighted by atomic mass is 10.0. The molecular weight excluding hydrogens is 172 g/mol. The summed E-state index contributed by atoms with van der Waals surface area (Å²) in [4.78, 5) is 11.2. The molecule has 2 saturated heterocycles. The molecule has 0 aliphatic carbocycles. The van der Waals surface area contributed by atoms with E-state index in [2.05, 4.69) is 0 Å². The van der Waals surface area contributed by atoms with Crippen LogP contribution in [0.25, 0.3) is 0 Å². The summed E-state index contributed by atoms with van der Waals surface area (Å²) >= 11 is 0. The first kappa shape index (κ1) is 8.97. The van der Waals surface area contributed by atoms with E-state index in [1.165, 1.54) is 0 Å². The molecule has 4 nitrogen and oxygen atoms in total. The zero-order chi connectivity index (χ0) is 9.47. The van der Waals surface area contributed by atoms with Gasteiger partial charge in [0.25, 0.3) is 0 Å². The van der Waals surface area contributed by atoms with Gasteiger partial charge in [0, 0.05) is 0 Å². The summed E-state index contributed by atoms with van der Waals surface area (Å²) in [5, 5.41) is 0. The minimum Gasteiger partial charge on any atom is -0.465 e. The van der Waals surface area contributed by atoms with Gasteiger partial charge < -0.3 is 14.2 Å². The maximum Gasteiger partial charge on any atom is 0.311 e. The van der Waals surface area contributed by atoms with Gasteiger partial charge in [0.2, 0.25) is 0 Å². The highest BCUT2D eigenvalue weighted by molar-refractivity contribution is 5.74. The minimum absolute atomic E-state index is 0.120. The highest BCUT2D eigenvalue weighted by Gasteiger charge is 2.43. The number of hydrogen-bond donors (Lipinski definition) is 0. The van der Waals surface area contributed by atoms with Gasteiger partial charge in [0.15, 0.2) is 5.79 Å². The van der Waals surface area contributed by atoms with Gasteiger partial charge >= 0.3 is 5.97 Å². The van der Waals surface area contributed by atoms with Crippen LogP contribution in [0, 0.1) is 5.92 Å². The number of hydrogen-bond acceptors (Lipinski definition) is 4. The van der Waals surface area contributed by atoms with E-state index in [9.17, 15) is 4.79 Å². The molecule has 4 heteroatoms. The average molecular weight is 186 g/mol. The number of rotatable bonds is 1. The predicted octanol–water partition coefficient (Wildman–Crippen LogP) is 0.701. The summed E-state index contributed by atoms with van der Waals surface area (Å²) < 4.78 is 15.8. The van der Waals surface area contributed by atoms with Crippen molar-refractivity contribution < 1.29 is 19.0 Å². The molecule has 0 spiro atoms. The summed E-state index contributed by atoms with van der Waals surface area (Å²) in [5.41, 5.74) is 0. The molecule has 0 N–H and O–H groups in total. The van der Waals surface area contributed by atoms with Crippen molar-refractivity contribution in [3.63, 3.8) is 0 Å². The molecule has 0 unspecified atom stereocenters. The maximum atomic E-state index is 11.2. The monoisotopic (exact) mass is 186 g/mol. The SMILES string of the molecule is CC1(C)OC[C@@H]([C@@H]2CCOC2=O)O1. The molecule has 2 fully saturated rings. The first-order valence-electron chi connectivity index (χ1n) is 4.57. The second-order valence-corrected chi connectivity index (χ2v) is 3.93. The molecule has 0 aromatic rings. The molecule has 2 aliphatic rings. The third kappa shape index (κ3) is 1.69. The van der Waals surface area contributed by atoms with Crippen molar-refractivity contribution in [1.29, 1.82) is 0 Å². The molecule has 2 atom stereocenters. The third-order valence-electron chi connectivity index (χ3n) is 2.46. The van der Waals surface area contributed by atoms with Crippen LogP contribution >= 0.6 is 0 Å². The fourth-order valence-corrected chi connectivity index (χ4v) is 1.76. The van der Waals surface area contributed by atoms with Gasteiger partial charge in [-0.1, -0.05) is 0 Å². The summed E-state index contributed by atoms with van der Waals surface area (Å²) in [6, 6.07) is 0. The molecule has 2 heterocycles. The lowest BCUT2D eigenvalue weighted by Gasteiger charge is -2.18. The van der Waals surface area contributed by atoms with Crippen LogP contribution < -0.4 is 0 Å². The number of esters is 1.